The summed E-state index contributed by atoms with van der Waals surface area (Å²) < 4.78 is 0. The number of carboxylic acids is 1. The number of hydrogen-bond donors (Lipinski definition) is 2. The van der Waals surface area contributed by atoms with E-state index in [4.69, 9.17) is 0 Å². The van der Waals surface area contributed by atoms with Crippen molar-refractivity contribution in [2.45, 2.75) is 70.9 Å². The molecule has 1 saturated heterocycles. The number of carbonyl (C=O) groups is 1. The molecule has 2 unspecified atom stereocenters. The highest BCUT2D eigenvalue weighted by Gasteiger charge is 2.59. The maximum Gasteiger partial charge on any atom is 0.309 e. The van der Waals surface area contributed by atoms with Crippen LogP contribution in [0.25, 0.3) is 0 Å². The number of carboxylic acid groups (broad SMARTS) is 1. The Kier molecular flexibility index (Phi) is 6.29. The molecule has 0 amide bonds. The Morgan fingerprint density at radius 3 is 2.57 bits per heavy atom. The Morgan fingerprint density at radius 1 is 1.17 bits per heavy atom. The maximum atomic E-state index is 12.1. The number of anilines is 1. The second kappa shape index (κ2) is 9.13. The number of nitrogens with one attached hydrogen (secondary N) is 1. The van der Waals surface area contributed by atoms with Gasteiger partial charge in [-0.2, -0.15) is 10.3 Å². The molecule has 2 N–H and O–H groups in total. The average molecular weight is 478 g/mol. The van der Waals surface area contributed by atoms with Gasteiger partial charge in [0.1, 0.15) is 5.84 Å². The summed E-state index contributed by atoms with van der Waals surface area (Å²) in [5.41, 5.74) is 1.62. The minimum Gasteiger partial charge on any atom is -0.481 e. The highest BCUT2D eigenvalue weighted by Crippen LogP contribution is 2.60. The quantitative estimate of drug-likeness (QED) is 0.378. The van der Waals surface area contributed by atoms with Gasteiger partial charge in [-0.15, -0.1) is 0 Å². The van der Waals surface area contributed by atoms with E-state index in [0.717, 1.165) is 70.5 Å². The van der Waals surface area contributed by atoms with Crippen LogP contribution in [0.3, 0.4) is 0 Å². The molecular formula is C28H39N5O2. The number of aliphatic imine (C=N–C) groups is 1. The third-order valence-electron chi connectivity index (χ3n) is 9.42. The largest absolute Gasteiger partial charge is 0.481 e. The molecule has 4 saturated carbocycles. The molecule has 4 bridgehead atoms. The van der Waals surface area contributed by atoms with Crippen molar-refractivity contribution in [1.82, 2.24) is 10.2 Å². The van der Waals surface area contributed by atoms with Gasteiger partial charge < -0.3 is 15.3 Å². The third-order valence-corrected chi connectivity index (χ3v) is 9.42. The van der Waals surface area contributed by atoms with Crippen molar-refractivity contribution in [2.75, 3.05) is 31.1 Å². The fourth-order valence-corrected chi connectivity index (χ4v) is 7.78. The van der Waals surface area contributed by atoms with Gasteiger partial charge in [-0.3, -0.25) is 9.69 Å². The van der Waals surface area contributed by atoms with Crippen molar-refractivity contribution < 1.29 is 9.90 Å². The zero-order valence-corrected chi connectivity index (χ0v) is 21.3. The lowest BCUT2D eigenvalue weighted by molar-refractivity contribution is -0.166. The van der Waals surface area contributed by atoms with Gasteiger partial charge in [0, 0.05) is 37.9 Å². The number of aryl methyl sites for hydroxylation is 1. The van der Waals surface area contributed by atoms with E-state index in [2.05, 4.69) is 71.3 Å². The van der Waals surface area contributed by atoms with E-state index in [1.54, 1.807) is 0 Å². The van der Waals surface area contributed by atoms with Crippen LogP contribution in [0.1, 0.15) is 57.9 Å². The van der Waals surface area contributed by atoms with Gasteiger partial charge >= 0.3 is 5.97 Å². The van der Waals surface area contributed by atoms with Crippen molar-refractivity contribution in [3.8, 4) is 6.19 Å². The van der Waals surface area contributed by atoms with Gasteiger partial charge in [-0.1, -0.05) is 12.1 Å². The second-order valence-electron chi connectivity index (χ2n) is 12.0. The Labute approximate surface area is 209 Å². The summed E-state index contributed by atoms with van der Waals surface area (Å²) in [5.74, 6) is 1.36. The Bertz CT molecular complexity index is 1030. The number of hydrogen-bond acceptors (Lipinski definition) is 5. The summed E-state index contributed by atoms with van der Waals surface area (Å²) in [4.78, 5) is 21.4. The molecular weight excluding hydrogens is 438 g/mol. The molecule has 1 aliphatic heterocycles. The van der Waals surface area contributed by atoms with Crippen LogP contribution in [0.4, 0.5) is 5.69 Å². The highest BCUT2D eigenvalue weighted by molar-refractivity contribution is 5.92. The van der Waals surface area contributed by atoms with Crippen molar-refractivity contribution in [1.29, 1.82) is 5.26 Å². The third kappa shape index (κ3) is 4.42. The summed E-state index contributed by atoms with van der Waals surface area (Å²) >= 11 is 0. The first-order valence-corrected chi connectivity index (χ1v) is 13.3. The average Bonchev–Trinajstić information content (AvgIpc) is 3.07. The van der Waals surface area contributed by atoms with Crippen LogP contribution in [0.2, 0.25) is 0 Å². The molecule has 5 fully saturated rings. The molecule has 1 aromatic carbocycles. The van der Waals surface area contributed by atoms with Gasteiger partial charge in [0.05, 0.1) is 11.0 Å². The topological polar surface area (TPSA) is 92.0 Å². The number of nitriles is 1. The predicted octanol–water partition coefficient (Wildman–Crippen LogP) is 4.03. The lowest BCUT2D eigenvalue weighted by atomic mass is 9.48. The first-order chi connectivity index (χ1) is 16.7. The van der Waals surface area contributed by atoms with E-state index in [-0.39, 0.29) is 6.04 Å². The van der Waals surface area contributed by atoms with Crippen molar-refractivity contribution in [3.63, 3.8) is 0 Å². The van der Waals surface area contributed by atoms with Crippen molar-refractivity contribution >= 4 is 17.5 Å². The molecule has 35 heavy (non-hydrogen) atoms. The summed E-state index contributed by atoms with van der Waals surface area (Å²) in [6.45, 7) is 10.3. The molecule has 2 atom stereocenters. The fraction of sp³-hybridized carbons (Fsp3) is 0.679. The van der Waals surface area contributed by atoms with Crippen LogP contribution in [0.5, 0.6) is 0 Å². The Hall–Kier alpha value is -2.59. The standard InChI is InChI=1S/C28H39N5O2/c1-19-6-4-7-23(12-19)32-8-5-9-33(11-10-32)27(2,3)25(30-18-29)31-24-21-13-20-14-22(24)17-28(15-20,16-21)26(34)35/h4,6-7,12,20-22,24H,5,8-11,13-17H2,1-3H3,(H,30,31)(H,34,35). The number of rotatable bonds is 5. The van der Waals surface area contributed by atoms with Gasteiger partial charge in [0.2, 0.25) is 6.19 Å². The van der Waals surface area contributed by atoms with Crippen LogP contribution in [0.15, 0.2) is 29.3 Å². The minimum atomic E-state index is -0.607. The highest BCUT2D eigenvalue weighted by atomic mass is 16.4. The van der Waals surface area contributed by atoms with Gasteiger partial charge in [-0.05, 0) is 94.7 Å². The predicted molar refractivity (Wildman–Crippen MR) is 137 cm³/mol. The lowest BCUT2D eigenvalue weighted by Gasteiger charge is -2.59. The SMILES string of the molecule is Cc1cccc(N2CCCN(C(C)(C)/C(=N\C#N)NC3C4CC5CC3CC(C(=O)O)(C5)C4)CC2)c1. The molecule has 0 spiro atoms. The van der Waals surface area contributed by atoms with E-state index in [0.29, 0.717) is 17.8 Å². The molecule has 6 rings (SSSR count). The molecule has 7 heteroatoms. The molecule has 0 radical (unpaired) electrons. The van der Waals surface area contributed by atoms with E-state index in [1.165, 1.54) is 11.3 Å². The molecule has 7 nitrogen and oxygen atoms in total. The molecule has 188 valence electrons. The van der Waals surface area contributed by atoms with Gasteiger partial charge in [-0.25, -0.2) is 0 Å². The zero-order valence-electron chi connectivity index (χ0n) is 21.3. The number of nitrogens with zero attached hydrogens (tertiary/aromatic N) is 4. The van der Waals surface area contributed by atoms with Gasteiger partial charge in [0.25, 0.3) is 0 Å². The summed E-state index contributed by atoms with van der Waals surface area (Å²) in [6.07, 6.45) is 7.65. The molecule has 1 heterocycles. The molecule has 0 aromatic heterocycles. The first-order valence-electron chi connectivity index (χ1n) is 13.3. The zero-order chi connectivity index (χ0) is 24.8. The number of benzene rings is 1. The van der Waals surface area contributed by atoms with Crippen LogP contribution in [-0.4, -0.2) is 59.6 Å². The maximum absolute atomic E-state index is 12.1. The first kappa shape index (κ1) is 24.1. The lowest BCUT2D eigenvalue weighted by Crippen LogP contribution is -2.64. The van der Waals surface area contributed by atoms with Crippen LogP contribution in [-0.2, 0) is 4.79 Å². The molecule has 5 aliphatic rings. The van der Waals surface area contributed by atoms with E-state index in [1.807, 2.05) is 0 Å². The Balaban J connectivity index is 1.31. The number of amidine groups is 1. The smallest absolute Gasteiger partial charge is 0.309 e. The van der Waals surface area contributed by atoms with E-state index < -0.39 is 16.9 Å². The van der Waals surface area contributed by atoms with Crippen molar-refractivity contribution in [3.05, 3.63) is 29.8 Å². The van der Waals surface area contributed by atoms with E-state index in [9.17, 15) is 15.2 Å². The van der Waals surface area contributed by atoms with Crippen LogP contribution < -0.4 is 10.2 Å². The fourth-order valence-electron chi connectivity index (χ4n) is 7.78. The number of aliphatic carboxylic acids is 1. The van der Waals surface area contributed by atoms with Crippen LogP contribution in [0, 0.1) is 41.5 Å². The second-order valence-corrected chi connectivity index (χ2v) is 12.0. The summed E-state index contributed by atoms with van der Waals surface area (Å²) in [7, 11) is 0. The van der Waals surface area contributed by atoms with Crippen LogP contribution >= 0.6 is 0 Å². The minimum absolute atomic E-state index is 0.209. The summed E-state index contributed by atoms with van der Waals surface area (Å²) in [5, 5.41) is 23.3. The normalized spacial score (nSPS) is 33.3. The summed E-state index contributed by atoms with van der Waals surface area (Å²) in [6, 6.07) is 8.91. The van der Waals surface area contributed by atoms with Crippen molar-refractivity contribution in [2.24, 2.45) is 28.2 Å². The van der Waals surface area contributed by atoms with E-state index >= 15 is 0 Å². The molecule has 1 aromatic rings. The van der Waals surface area contributed by atoms with Gasteiger partial charge in [0.15, 0.2) is 0 Å². The molecule has 4 aliphatic carbocycles. The Morgan fingerprint density at radius 2 is 1.91 bits per heavy atom. The monoisotopic (exact) mass is 477 g/mol.